The number of carbonyl (C=O) groups is 1. The number of amides is 1. The SMILES string of the molecule is O=C(NCc1ccccc1CN1CCCC1)C1CCN(S(=O)(=O)c2ccccc2)CC1. The van der Waals surface area contributed by atoms with Gasteiger partial charge in [0.25, 0.3) is 0 Å². The van der Waals surface area contributed by atoms with Crippen molar-refractivity contribution in [3.63, 3.8) is 0 Å². The van der Waals surface area contributed by atoms with E-state index in [2.05, 4.69) is 28.4 Å². The highest BCUT2D eigenvalue weighted by Crippen LogP contribution is 2.24. The van der Waals surface area contributed by atoms with E-state index in [0.29, 0.717) is 37.4 Å². The topological polar surface area (TPSA) is 69.7 Å². The maximum absolute atomic E-state index is 12.8. The summed E-state index contributed by atoms with van der Waals surface area (Å²) in [6, 6.07) is 16.8. The van der Waals surface area contributed by atoms with Crippen LogP contribution >= 0.6 is 0 Å². The Hall–Kier alpha value is -2.22. The lowest BCUT2D eigenvalue weighted by atomic mass is 9.97. The predicted molar refractivity (Wildman–Crippen MR) is 121 cm³/mol. The summed E-state index contributed by atoms with van der Waals surface area (Å²) in [6.45, 7) is 4.49. The van der Waals surface area contributed by atoms with Gasteiger partial charge in [-0.05, 0) is 62.0 Å². The molecule has 2 aliphatic heterocycles. The van der Waals surface area contributed by atoms with Gasteiger partial charge in [0.05, 0.1) is 4.90 Å². The monoisotopic (exact) mass is 441 g/mol. The molecule has 31 heavy (non-hydrogen) atoms. The van der Waals surface area contributed by atoms with E-state index in [0.717, 1.165) is 25.2 Å². The lowest BCUT2D eigenvalue weighted by Crippen LogP contribution is -2.42. The van der Waals surface area contributed by atoms with Crippen LogP contribution in [-0.2, 0) is 27.9 Å². The summed E-state index contributed by atoms with van der Waals surface area (Å²) in [5.41, 5.74) is 2.43. The van der Waals surface area contributed by atoms with Crippen molar-refractivity contribution in [3.05, 3.63) is 65.7 Å². The molecule has 0 saturated carbocycles. The largest absolute Gasteiger partial charge is 0.352 e. The Bertz CT molecular complexity index is 980. The van der Waals surface area contributed by atoms with Crippen LogP contribution in [0, 0.1) is 5.92 Å². The van der Waals surface area contributed by atoms with Gasteiger partial charge in [0.2, 0.25) is 15.9 Å². The van der Waals surface area contributed by atoms with Crippen LogP contribution in [-0.4, -0.2) is 49.7 Å². The summed E-state index contributed by atoms with van der Waals surface area (Å²) < 4.78 is 27.0. The number of sulfonamides is 1. The zero-order chi connectivity index (χ0) is 21.7. The smallest absolute Gasteiger partial charge is 0.243 e. The van der Waals surface area contributed by atoms with E-state index in [1.54, 1.807) is 30.3 Å². The minimum absolute atomic E-state index is 0.0211. The first-order valence-corrected chi connectivity index (χ1v) is 12.6. The number of piperidine rings is 1. The van der Waals surface area contributed by atoms with Crippen LogP contribution < -0.4 is 5.32 Å². The molecule has 4 rings (SSSR count). The molecule has 0 bridgehead atoms. The summed E-state index contributed by atoms with van der Waals surface area (Å²) in [6.07, 6.45) is 3.62. The van der Waals surface area contributed by atoms with Crippen LogP contribution in [0.1, 0.15) is 36.8 Å². The van der Waals surface area contributed by atoms with E-state index in [-0.39, 0.29) is 11.8 Å². The highest BCUT2D eigenvalue weighted by Gasteiger charge is 2.32. The van der Waals surface area contributed by atoms with Gasteiger partial charge in [0, 0.05) is 32.1 Å². The molecule has 6 nitrogen and oxygen atoms in total. The molecule has 0 unspecified atom stereocenters. The zero-order valence-electron chi connectivity index (χ0n) is 17.9. The van der Waals surface area contributed by atoms with Crippen molar-refractivity contribution in [2.75, 3.05) is 26.2 Å². The molecule has 1 amide bonds. The molecule has 2 aliphatic rings. The first-order chi connectivity index (χ1) is 15.0. The zero-order valence-corrected chi connectivity index (χ0v) is 18.7. The van der Waals surface area contributed by atoms with E-state index < -0.39 is 10.0 Å². The second-order valence-electron chi connectivity index (χ2n) is 8.46. The highest BCUT2D eigenvalue weighted by atomic mass is 32.2. The summed E-state index contributed by atoms with van der Waals surface area (Å²) in [7, 11) is -3.49. The molecule has 2 saturated heterocycles. The maximum Gasteiger partial charge on any atom is 0.243 e. The molecule has 2 aromatic rings. The second kappa shape index (κ2) is 9.94. The highest BCUT2D eigenvalue weighted by molar-refractivity contribution is 7.89. The van der Waals surface area contributed by atoms with E-state index >= 15 is 0 Å². The van der Waals surface area contributed by atoms with Gasteiger partial charge in [-0.1, -0.05) is 42.5 Å². The summed E-state index contributed by atoms with van der Waals surface area (Å²) >= 11 is 0. The van der Waals surface area contributed by atoms with E-state index in [4.69, 9.17) is 0 Å². The van der Waals surface area contributed by atoms with Gasteiger partial charge >= 0.3 is 0 Å². The molecule has 0 radical (unpaired) electrons. The van der Waals surface area contributed by atoms with Crippen LogP contribution in [0.15, 0.2) is 59.5 Å². The Labute approximate surface area is 185 Å². The van der Waals surface area contributed by atoms with Gasteiger partial charge in [0.1, 0.15) is 0 Å². The van der Waals surface area contributed by atoms with Gasteiger partial charge in [-0.2, -0.15) is 4.31 Å². The Morgan fingerprint density at radius 2 is 1.48 bits per heavy atom. The molecule has 1 N–H and O–H groups in total. The number of benzene rings is 2. The fourth-order valence-electron chi connectivity index (χ4n) is 4.49. The standard InChI is InChI=1S/C24H31N3O3S/c28-24(25-18-21-8-4-5-9-22(21)19-26-14-6-7-15-26)20-12-16-27(17-13-20)31(29,30)23-10-2-1-3-11-23/h1-5,8-11,20H,6-7,12-19H2,(H,25,28). The molecule has 7 heteroatoms. The summed E-state index contributed by atoms with van der Waals surface area (Å²) in [5.74, 6) is -0.124. The normalized spacial score (nSPS) is 18.8. The third-order valence-electron chi connectivity index (χ3n) is 6.37. The van der Waals surface area contributed by atoms with Crippen molar-refractivity contribution in [2.45, 2.75) is 43.7 Å². The molecule has 0 aliphatic carbocycles. The van der Waals surface area contributed by atoms with Crippen molar-refractivity contribution in [1.82, 2.24) is 14.5 Å². The van der Waals surface area contributed by atoms with Crippen molar-refractivity contribution in [3.8, 4) is 0 Å². The van der Waals surface area contributed by atoms with Crippen molar-refractivity contribution in [1.29, 1.82) is 0 Å². The number of nitrogens with zero attached hydrogens (tertiary/aromatic N) is 2. The second-order valence-corrected chi connectivity index (χ2v) is 10.4. The molecular formula is C24H31N3O3S. The van der Waals surface area contributed by atoms with Gasteiger partial charge in [-0.25, -0.2) is 8.42 Å². The third kappa shape index (κ3) is 5.34. The number of likely N-dealkylation sites (tertiary alicyclic amines) is 1. The molecule has 0 spiro atoms. The minimum Gasteiger partial charge on any atom is -0.352 e. The fourth-order valence-corrected chi connectivity index (χ4v) is 5.98. The first kappa shape index (κ1) is 22.0. The van der Waals surface area contributed by atoms with Crippen molar-refractivity contribution >= 4 is 15.9 Å². The molecular weight excluding hydrogens is 410 g/mol. The predicted octanol–water partition coefficient (Wildman–Crippen LogP) is 3.00. The molecule has 0 atom stereocenters. The van der Waals surface area contributed by atoms with E-state index in [9.17, 15) is 13.2 Å². The van der Waals surface area contributed by atoms with Crippen molar-refractivity contribution in [2.24, 2.45) is 5.92 Å². The Kier molecular flexibility index (Phi) is 7.05. The van der Waals surface area contributed by atoms with E-state index in [1.807, 2.05) is 6.07 Å². The molecule has 0 aromatic heterocycles. The summed E-state index contributed by atoms with van der Waals surface area (Å²) in [5, 5.41) is 3.09. The molecule has 2 aromatic carbocycles. The Balaban J connectivity index is 1.30. The number of rotatable bonds is 7. The van der Waals surface area contributed by atoms with Crippen molar-refractivity contribution < 1.29 is 13.2 Å². The lowest BCUT2D eigenvalue weighted by molar-refractivity contribution is -0.126. The average Bonchev–Trinajstić information content (AvgIpc) is 3.32. The van der Waals surface area contributed by atoms with Gasteiger partial charge in [-0.15, -0.1) is 0 Å². The number of nitrogens with one attached hydrogen (secondary N) is 1. The van der Waals surface area contributed by atoms with Crippen LogP contribution in [0.4, 0.5) is 0 Å². The Morgan fingerprint density at radius 3 is 2.16 bits per heavy atom. The third-order valence-corrected chi connectivity index (χ3v) is 8.28. The minimum atomic E-state index is -3.49. The van der Waals surface area contributed by atoms with E-state index in [1.165, 1.54) is 22.7 Å². The number of carbonyl (C=O) groups excluding carboxylic acids is 1. The van der Waals surface area contributed by atoms with Gasteiger partial charge in [0.15, 0.2) is 0 Å². The number of hydrogen-bond acceptors (Lipinski definition) is 4. The molecule has 2 fully saturated rings. The molecule has 2 heterocycles. The van der Waals surface area contributed by atoms with Gasteiger partial charge < -0.3 is 5.32 Å². The van der Waals surface area contributed by atoms with Crippen LogP contribution in [0.25, 0.3) is 0 Å². The van der Waals surface area contributed by atoms with Gasteiger partial charge in [-0.3, -0.25) is 9.69 Å². The lowest BCUT2D eigenvalue weighted by Gasteiger charge is -2.30. The Morgan fingerprint density at radius 1 is 0.871 bits per heavy atom. The van der Waals surface area contributed by atoms with Crippen LogP contribution in [0.3, 0.4) is 0 Å². The quantitative estimate of drug-likeness (QED) is 0.717. The average molecular weight is 442 g/mol. The molecule has 166 valence electrons. The first-order valence-electron chi connectivity index (χ1n) is 11.2. The maximum atomic E-state index is 12.8. The van der Waals surface area contributed by atoms with Crippen LogP contribution in [0.2, 0.25) is 0 Å². The summed E-state index contributed by atoms with van der Waals surface area (Å²) in [4.78, 5) is 15.5. The van der Waals surface area contributed by atoms with Crippen LogP contribution in [0.5, 0.6) is 0 Å². The number of hydrogen-bond donors (Lipinski definition) is 1. The fraction of sp³-hybridized carbons (Fsp3) is 0.458.